The third-order valence-corrected chi connectivity index (χ3v) is 5.19. The number of aromatic nitrogens is 1. The summed E-state index contributed by atoms with van der Waals surface area (Å²) >= 11 is 0.792. The zero-order valence-corrected chi connectivity index (χ0v) is 14.4. The number of benzene rings is 2. The molecule has 0 bridgehead atoms. The van der Waals surface area contributed by atoms with E-state index in [0.717, 1.165) is 23.5 Å². The van der Waals surface area contributed by atoms with Crippen molar-refractivity contribution < 1.29 is 17.2 Å². The van der Waals surface area contributed by atoms with E-state index in [-0.39, 0.29) is 11.3 Å². The number of nitrogens with two attached hydrogens (primary N) is 1. The smallest absolute Gasteiger partial charge is 0.267 e. The molecule has 3 rings (SSSR count). The van der Waals surface area contributed by atoms with Crippen LogP contribution in [0.2, 0.25) is 0 Å². The van der Waals surface area contributed by atoms with Crippen LogP contribution >= 0.6 is 11.3 Å². The first-order chi connectivity index (χ1) is 12.2. The standard InChI is InChI=1S/C16H9F2N3O3S2/c17-12-5-10(6-13(18)15(12)26(20,23)24)14-8-25-16(22)21(14)11-3-1-2-9(4-11)7-19/h1-6,8H,(H2,20,23,24). The summed E-state index contributed by atoms with van der Waals surface area (Å²) in [4.78, 5) is 10.5. The van der Waals surface area contributed by atoms with Crippen LogP contribution in [-0.2, 0) is 10.0 Å². The molecule has 0 saturated heterocycles. The van der Waals surface area contributed by atoms with Gasteiger partial charge in [-0.05, 0) is 30.3 Å². The Balaban J connectivity index is 2.25. The highest BCUT2D eigenvalue weighted by Gasteiger charge is 2.23. The molecular formula is C16H9F2N3O3S2. The molecule has 2 aromatic carbocycles. The van der Waals surface area contributed by atoms with E-state index in [4.69, 9.17) is 10.4 Å². The molecule has 0 unspecified atom stereocenters. The molecule has 1 heterocycles. The molecule has 0 spiro atoms. The summed E-state index contributed by atoms with van der Waals surface area (Å²) < 4.78 is 52.0. The summed E-state index contributed by atoms with van der Waals surface area (Å²) in [6, 6.07) is 9.62. The maximum absolute atomic E-state index is 14.1. The van der Waals surface area contributed by atoms with E-state index in [1.807, 2.05) is 6.07 Å². The predicted molar refractivity (Wildman–Crippen MR) is 91.4 cm³/mol. The van der Waals surface area contributed by atoms with Gasteiger partial charge in [-0.3, -0.25) is 9.36 Å². The molecule has 26 heavy (non-hydrogen) atoms. The molecular weight excluding hydrogens is 384 g/mol. The lowest BCUT2D eigenvalue weighted by Gasteiger charge is -2.10. The van der Waals surface area contributed by atoms with E-state index in [0.29, 0.717) is 11.3 Å². The van der Waals surface area contributed by atoms with Crippen LogP contribution in [0, 0.1) is 23.0 Å². The van der Waals surface area contributed by atoms with Gasteiger partial charge in [0.05, 0.1) is 23.0 Å². The highest BCUT2D eigenvalue weighted by Crippen LogP contribution is 2.28. The maximum atomic E-state index is 14.1. The predicted octanol–water partition coefficient (Wildman–Crippen LogP) is 2.36. The Bertz CT molecular complexity index is 1200. The molecule has 0 fully saturated rings. The van der Waals surface area contributed by atoms with E-state index in [9.17, 15) is 22.0 Å². The summed E-state index contributed by atoms with van der Waals surface area (Å²) in [5, 5.41) is 15.2. The lowest BCUT2D eigenvalue weighted by Crippen LogP contribution is -2.17. The van der Waals surface area contributed by atoms with Crippen molar-refractivity contribution in [1.82, 2.24) is 4.57 Å². The lowest BCUT2D eigenvalue weighted by molar-refractivity contribution is 0.520. The van der Waals surface area contributed by atoms with Crippen LogP contribution in [0.3, 0.4) is 0 Å². The number of rotatable bonds is 3. The molecule has 0 aliphatic carbocycles. The fraction of sp³-hybridized carbons (Fsp3) is 0. The average Bonchev–Trinajstić information content (AvgIpc) is 2.94. The Morgan fingerprint density at radius 2 is 1.81 bits per heavy atom. The number of halogens is 2. The SMILES string of the molecule is N#Cc1cccc(-n2c(-c3cc(F)c(S(N)(=O)=O)c(F)c3)csc2=O)c1. The molecule has 0 aliphatic heterocycles. The molecule has 3 aromatic rings. The summed E-state index contributed by atoms with van der Waals surface area (Å²) in [5.41, 5.74) is 0.733. The van der Waals surface area contributed by atoms with E-state index >= 15 is 0 Å². The van der Waals surface area contributed by atoms with Crippen molar-refractivity contribution in [1.29, 1.82) is 5.26 Å². The van der Waals surface area contributed by atoms with Gasteiger partial charge in [-0.25, -0.2) is 22.3 Å². The fourth-order valence-corrected chi connectivity index (χ4v) is 3.87. The van der Waals surface area contributed by atoms with E-state index in [2.05, 4.69) is 0 Å². The molecule has 0 saturated carbocycles. The fourth-order valence-electron chi connectivity index (χ4n) is 2.45. The van der Waals surface area contributed by atoms with Gasteiger partial charge in [-0.15, -0.1) is 0 Å². The Morgan fingerprint density at radius 1 is 1.15 bits per heavy atom. The normalized spacial score (nSPS) is 11.3. The van der Waals surface area contributed by atoms with Crippen molar-refractivity contribution in [2.75, 3.05) is 0 Å². The zero-order valence-electron chi connectivity index (χ0n) is 12.8. The van der Waals surface area contributed by atoms with Crippen molar-refractivity contribution in [3.63, 3.8) is 0 Å². The number of hydrogen-bond acceptors (Lipinski definition) is 5. The second-order valence-corrected chi connectivity index (χ2v) is 7.52. The van der Waals surface area contributed by atoms with Crippen LogP contribution in [0.5, 0.6) is 0 Å². The largest absolute Gasteiger partial charge is 0.312 e. The Labute approximate surface area is 150 Å². The first-order valence-corrected chi connectivity index (χ1v) is 9.38. The maximum Gasteiger partial charge on any atom is 0.312 e. The average molecular weight is 393 g/mol. The van der Waals surface area contributed by atoms with Crippen LogP contribution in [0.15, 0.2) is 51.5 Å². The zero-order chi connectivity index (χ0) is 19.1. The second kappa shape index (κ2) is 6.45. The Kier molecular flexibility index (Phi) is 4.45. The topological polar surface area (TPSA) is 106 Å². The molecule has 0 amide bonds. The van der Waals surface area contributed by atoms with Gasteiger partial charge >= 0.3 is 4.87 Å². The lowest BCUT2D eigenvalue weighted by atomic mass is 10.1. The van der Waals surface area contributed by atoms with Crippen molar-refractivity contribution in [3.05, 3.63) is 68.6 Å². The van der Waals surface area contributed by atoms with E-state index in [1.165, 1.54) is 16.0 Å². The van der Waals surface area contributed by atoms with Gasteiger partial charge in [0.1, 0.15) is 11.6 Å². The number of thiazole rings is 1. The number of nitrogens with zero attached hydrogens (tertiary/aromatic N) is 2. The quantitative estimate of drug-likeness (QED) is 0.737. The number of hydrogen-bond donors (Lipinski definition) is 1. The second-order valence-electron chi connectivity index (χ2n) is 5.20. The first kappa shape index (κ1) is 17.9. The van der Waals surface area contributed by atoms with Gasteiger partial charge in [-0.1, -0.05) is 17.4 Å². The van der Waals surface area contributed by atoms with Gasteiger partial charge in [0.2, 0.25) is 10.0 Å². The van der Waals surface area contributed by atoms with Crippen LogP contribution in [0.4, 0.5) is 8.78 Å². The minimum absolute atomic E-state index is 0.0480. The summed E-state index contributed by atoms with van der Waals surface area (Å²) in [6.45, 7) is 0. The van der Waals surface area contributed by atoms with Crippen LogP contribution in [-0.4, -0.2) is 13.0 Å². The van der Waals surface area contributed by atoms with Gasteiger partial charge in [0, 0.05) is 10.9 Å². The third-order valence-electron chi connectivity index (χ3n) is 3.51. The summed E-state index contributed by atoms with van der Waals surface area (Å²) in [6.07, 6.45) is 0. The monoisotopic (exact) mass is 393 g/mol. The third kappa shape index (κ3) is 3.15. The van der Waals surface area contributed by atoms with Crippen LogP contribution < -0.4 is 10.0 Å². The van der Waals surface area contributed by atoms with Gasteiger partial charge in [0.25, 0.3) is 0 Å². The highest BCUT2D eigenvalue weighted by atomic mass is 32.2. The van der Waals surface area contributed by atoms with Crippen molar-refractivity contribution in [2.45, 2.75) is 4.90 Å². The number of sulfonamides is 1. The summed E-state index contributed by atoms with van der Waals surface area (Å²) in [5.74, 6) is -2.73. The summed E-state index contributed by atoms with van der Waals surface area (Å²) in [7, 11) is -4.58. The molecule has 2 N–H and O–H groups in total. The molecule has 0 aliphatic rings. The molecule has 10 heteroatoms. The van der Waals surface area contributed by atoms with Gasteiger partial charge in [-0.2, -0.15) is 5.26 Å². The Morgan fingerprint density at radius 3 is 2.38 bits per heavy atom. The highest BCUT2D eigenvalue weighted by molar-refractivity contribution is 7.89. The minimum Gasteiger partial charge on any atom is -0.267 e. The van der Waals surface area contributed by atoms with Gasteiger partial charge < -0.3 is 0 Å². The van der Waals surface area contributed by atoms with Gasteiger partial charge in [0.15, 0.2) is 4.90 Å². The van der Waals surface area contributed by atoms with Crippen molar-refractivity contribution in [3.8, 4) is 23.0 Å². The molecule has 0 radical (unpaired) electrons. The molecule has 6 nitrogen and oxygen atoms in total. The first-order valence-electron chi connectivity index (χ1n) is 6.95. The number of nitriles is 1. The minimum atomic E-state index is -4.58. The van der Waals surface area contributed by atoms with Crippen molar-refractivity contribution >= 4 is 21.4 Å². The molecule has 132 valence electrons. The van der Waals surface area contributed by atoms with E-state index in [1.54, 1.807) is 18.2 Å². The molecule has 1 aromatic heterocycles. The Hall–Kier alpha value is -2.87. The number of primary sulfonamides is 1. The van der Waals surface area contributed by atoms with Crippen LogP contribution in [0.1, 0.15) is 5.56 Å². The van der Waals surface area contributed by atoms with Crippen molar-refractivity contribution in [2.24, 2.45) is 5.14 Å². The van der Waals surface area contributed by atoms with E-state index < -0.39 is 31.4 Å². The molecule has 0 atom stereocenters. The van der Waals surface area contributed by atoms with Crippen LogP contribution in [0.25, 0.3) is 16.9 Å².